The zero-order valence-corrected chi connectivity index (χ0v) is 25.4. The Bertz CT molecular complexity index is 1320. The predicted molar refractivity (Wildman–Crippen MR) is 154 cm³/mol. The smallest absolute Gasteiger partial charge is 0.395 e. The van der Waals surface area contributed by atoms with Gasteiger partial charge in [-0.2, -0.15) is 0 Å². The summed E-state index contributed by atoms with van der Waals surface area (Å²) in [7, 11) is -3.98. The number of imidazole rings is 1. The van der Waals surface area contributed by atoms with E-state index < -0.39 is 38.2 Å². The highest BCUT2D eigenvalue weighted by Crippen LogP contribution is 2.44. The molecule has 13 nitrogen and oxygen atoms in total. The topological polar surface area (TPSA) is 178 Å². The summed E-state index contributed by atoms with van der Waals surface area (Å²) in [5.74, 6) is 0.170. The van der Waals surface area contributed by atoms with E-state index in [4.69, 9.17) is 25.4 Å². The molecule has 0 fully saturated rings. The molecule has 16 heteroatoms. The number of thioether (sulfide) groups is 1. The van der Waals surface area contributed by atoms with Gasteiger partial charge in [0.2, 0.25) is 0 Å². The maximum absolute atomic E-state index is 13.7. The highest BCUT2D eigenvalue weighted by molar-refractivity contribution is 8.13. The minimum atomic E-state index is -3.98. The fourth-order valence-electron chi connectivity index (χ4n) is 3.36. The van der Waals surface area contributed by atoms with Gasteiger partial charge in [-0.15, -0.1) is 0 Å². The molecule has 0 saturated carbocycles. The van der Waals surface area contributed by atoms with Gasteiger partial charge in [-0.1, -0.05) is 53.7 Å². The van der Waals surface area contributed by atoms with Gasteiger partial charge in [-0.3, -0.25) is 18.4 Å². The zero-order valence-electron chi connectivity index (χ0n) is 22.9. The molecule has 0 radical (unpaired) electrons. The van der Waals surface area contributed by atoms with Gasteiger partial charge in [-0.25, -0.2) is 24.6 Å². The number of nitrogens with one attached hydrogen (secondary N) is 1. The summed E-state index contributed by atoms with van der Waals surface area (Å²) >= 11 is 7.03. The molecule has 0 spiro atoms. The Labute approximate surface area is 247 Å². The van der Waals surface area contributed by atoms with Crippen LogP contribution in [0.5, 0.6) is 0 Å². The van der Waals surface area contributed by atoms with Gasteiger partial charge in [0.25, 0.3) is 0 Å². The number of halogens is 1. The number of carbonyl (C=O) groups is 1. The molecular formula is C25H35ClN5O8PS. The number of carbonyl (C=O) groups excluding carboxylic acids is 1. The zero-order chi connectivity index (χ0) is 30.0. The molecule has 41 heavy (non-hydrogen) atoms. The minimum Gasteiger partial charge on any atom is -0.395 e. The monoisotopic (exact) mass is 631 g/mol. The first kappa shape index (κ1) is 33.5. The van der Waals surface area contributed by atoms with E-state index in [9.17, 15) is 24.7 Å². The Hall–Kier alpha value is -1.97. The number of aliphatic hydroxyl groups is 3. The molecular weight excluding hydrogens is 597 g/mol. The Morgan fingerprint density at radius 3 is 2.59 bits per heavy atom. The third-order valence-electron chi connectivity index (χ3n) is 5.90. The average Bonchev–Trinajstić information content (AvgIpc) is 3.40. The van der Waals surface area contributed by atoms with Crippen LogP contribution in [-0.2, 0) is 29.7 Å². The molecule has 4 atom stereocenters. The van der Waals surface area contributed by atoms with E-state index in [1.807, 2.05) is 30.3 Å². The molecule has 0 bridgehead atoms. The van der Waals surface area contributed by atoms with Crippen molar-refractivity contribution in [1.82, 2.24) is 24.6 Å². The van der Waals surface area contributed by atoms with E-state index >= 15 is 0 Å². The Morgan fingerprint density at radius 1 is 1.20 bits per heavy atom. The predicted octanol–water partition coefficient (Wildman–Crippen LogP) is 2.95. The number of fused-ring (bicyclic) bond motifs is 1. The van der Waals surface area contributed by atoms with E-state index in [1.54, 1.807) is 13.8 Å². The number of aromatic nitrogens is 4. The number of hydrogen-bond donors (Lipinski definition) is 4. The van der Waals surface area contributed by atoms with Crippen LogP contribution in [0.15, 0.2) is 43.0 Å². The highest BCUT2D eigenvalue weighted by Gasteiger charge is 2.31. The summed E-state index contributed by atoms with van der Waals surface area (Å²) in [6.07, 6.45) is -0.579. The van der Waals surface area contributed by atoms with E-state index in [0.29, 0.717) is 11.2 Å². The maximum atomic E-state index is 13.7. The maximum Gasteiger partial charge on any atom is 0.405 e. The highest BCUT2D eigenvalue weighted by atomic mass is 35.5. The lowest BCUT2D eigenvalue weighted by atomic mass is 9.97. The standard InChI is InChI=1S/C25H35ClN5O8PS/c1-17(34)19(39-20(12-32)31-16-29-21-22(26)27-15-28-23(21)31)13-38-40(36,30-11-18-7-5-4-6-8-18)37-9-10-41-24(35)25(2,3)14-33/h4-8,15-17,19-20,32-34H,9-14H2,1-3H3,(H,30,36)/t17-,19-,20-,40?/m1/s1. The number of ether oxygens (including phenoxy) is 1. The van der Waals surface area contributed by atoms with Gasteiger partial charge in [0.15, 0.2) is 22.1 Å². The molecule has 0 saturated heterocycles. The number of benzene rings is 1. The van der Waals surface area contributed by atoms with Crippen LogP contribution in [0.3, 0.4) is 0 Å². The number of aliphatic hydroxyl groups excluding tert-OH is 3. The van der Waals surface area contributed by atoms with E-state index in [1.165, 1.54) is 24.1 Å². The van der Waals surface area contributed by atoms with Crippen molar-refractivity contribution >= 4 is 47.4 Å². The Morgan fingerprint density at radius 2 is 1.93 bits per heavy atom. The van der Waals surface area contributed by atoms with Crippen LogP contribution in [0.1, 0.15) is 32.6 Å². The van der Waals surface area contributed by atoms with Crippen molar-refractivity contribution in [2.75, 3.05) is 32.2 Å². The van der Waals surface area contributed by atoms with Crippen molar-refractivity contribution in [1.29, 1.82) is 0 Å². The molecule has 4 N–H and O–H groups in total. The van der Waals surface area contributed by atoms with Gasteiger partial charge in [0, 0.05) is 12.3 Å². The fraction of sp³-hybridized carbons (Fsp3) is 0.520. The van der Waals surface area contributed by atoms with Crippen molar-refractivity contribution in [3.63, 3.8) is 0 Å². The summed E-state index contributed by atoms with van der Waals surface area (Å²) in [4.78, 5) is 24.5. The number of nitrogens with zero attached hydrogens (tertiary/aromatic N) is 4. The summed E-state index contributed by atoms with van der Waals surface area (Å²) in [6, 6.07) is 9.19. The van der Waals surface area contributed by atoms with Crippen LogP contribution in [0.2, 0.25) is 5.15 Å². The second kappa shape index (κ2) is 15.5. The second-order valence-electron chi connectivity index (χ2n) is 9.67. The average molecular weight is 632 g/mol. The summed E-state index contributed by atoms with van der Waals surface area (Å²) < 4.78 is 32.4. The second-order valence-corrected chi connectivity index (χ2v) is 12.9. The molecule has 1 aromatic carbocycles. The van der Waals surface area contributed by atoms with Gasteiger partial charge in [0.05, 0.1) is 44.3 Å². The molecule has 3 rings (SSSR count). The molecule has 3 aromatic rings. The molecule has 0 aliphatic carbocycles. The normalized spacial score (nSPS) is 15.9. The lowest BCUT2D eigenvalue weighted by Crippen LogP contribution is -2.35. The summed E-state index contributed by atoms with van der Waals surface area (Å²) in [5.41, 5.74) is 0.525. The first-order chi connectivity index (χ1) is 19.5. The molecule has 1 unspecified atom stereocenters. The lowest BCUT2D eigenvalue weighted by molar-refractivity contribution is -0.129. The quantitative estimate of drug-likeness (QED) is 0.0972. The lowest BCUT2D eigenvalue weighted by Gasteiger charge is -2.28. The molecule has 0 aliphatic rings. The Balaban J connectivity index is 1.69. The fourth-order valence-corrected chi connectivity index (χ4v) is 5.78. The third kappa shape index (κ3) is 9.52. The summed E-state index contributed by atoms with van der Waals surface area (Å²) in [6.45, 7) is 3.59. The third-order valence-corrected chi connectivity index (χ3v) is 8.92. The minimum absolute atomic E-state index is 0.0993. The van der Waals surface area contributed by atoms with Crippen molar-refractivity contribution < 1.29 is 38.5 Å². The molecule has 0 aliphatic heterocycles. The van der Waals surface area contributed by atoms with Crippen LogP contribution in [-0.4, -0.2) is 84.3 Å². The Kier molecular flexibility index (Phi) is 12.7. The van der Waals surface area contributed by atoms with E-state index in [2.05, 4.69) is 20.0 Å². The van der Waals surface area contributed by atoms with Crippen LogP contribution in [0, 0.1) is 5.41 Å². The number of rotatable bonds is 17. The number of hydrogen-bond acceptors (Lipinski definition) is 12. The van der Waals surface area contributed by atoms with Crippen molar-refractivity contribution in [2.24, 2.45) is 5.41 Å². The largest absolute Gasteiger partial charge is 0.405 e. The molecule has 2 aromatic heterocycles. The molecule has 2 heterocycles. The van der Waals surface area contributed by atoms with E-state index in [-0.39, 0.29) is 42.4 Å². The van der Waals surface area contributed by atoms with Gasteiger partial charge in [0.1, 0.15) is 17.9 Å². The first-order valence-corrected chi connectivity index (χ1v) is 15.6. The van der Waals surface area contributed by atoms with Gasteiger partial charge >= 0.3 is 7.75 Å². The first-order valence-electron chi connectivity index (χ1n) is 12.7. The van der Waals surface area contributed by atoms with Crippen molar-refractivity contribution in [2.45, 2.75) is 45.8 Å². The molecule has 0 amide bonds. The van der Waals surface area contributed by atoms with Crippen LogP contribution in [0.4, 0.5) is 0 Å². The van der Waals surface area contributed by atoms with Crippen molar-refractivity contribution in [3.8, 4) is 0 Å². The van der Waals surface area contributed by atoms with E-state index in [0.717, 1.165) is 17.3 Å². The van der Waals surface area contributed by atoms with Crippen LogP contribution in [0.25, 0.3) is 11.2 Å². The van der Waals surface area contributed by atoms with Crippen LogP contribution < -0.4 is 5.09 Å². The van der Waals surface area contributed by atoms with Gasteiger partial charge in [-0.05, 0) is 26.3 Å². The summed E-state index contributed by atoms with van der Waals surface area (Å²) in [5, 5.41) is 32.6. The van der Waals surface area contributed by atoms with Crippen LogP contribution >= 0.6 is 31.1 Å². The van der Waals surface area contributed by atoms with Gasteiger partial charge < -0.3 is 20.1 Å². The SMILES string of the molecule is C[C@@H](O)[C@@H](COP(=O)(NCc1ccccc1)OCCSC(=O)C(C)(C)CO)O[C@H](CO)n1cnc2c(Cl)ncnc21. The van der Waals surface area contributed by atoms with Crippen molar-refractivity contribution in [3.05, 3.63) is 53.7 Å². The molecule has 226 valence electrons.